The summed E-state index contributed by atoms with van der Waals surface area (Å²) in [6.07, 6.45) is 5.02. The predicted molar refractivity (Wildman–Crippen MR) is 103 cm³/mol. The van der Waals surface area contributed by atoms with Gasteiger partial charge in [-0.25, -0.2) is 8.42 Å². The molecule has 3 rings (SSSR count). The number of carbonyl (C=O) groups excluding carboxylic acids is 1. The number of rotatable bonds is 6. The molecule has 1 N–H and O–H groups in total. The molecule has 2 heterocycles. The summed E-state index contributed by atoms with van der Waals surface area (Å²) in [5, 5.41) is 2.91. The second-order valence-electron chi connectivity index (χ2n) is 6.45. The Bertz CT molecular complexity index is 823. The van der Waals surface area contributed by atoms with Crippen LogP contribution in [0.2, 0.25) is 0 Å². The quantitative estimate of drug-likeness (QED) is 0.820. The smallest absolute Gasteiger partial charge is 0.261 e. The van der Waals surface area contributed by atoms with Crippen molar-refractivity contribution in [3.8, 4) is 0 Å². The number of benzene rings is 1. The van der Waals surface area contributed by atoms with E-state index in [0.717, 1.165) is 31.0 Å². The number of nitrogens with zero attached hydrogens (tertiary/aromatic N) is 1. The van der Waals surface area contributed by atoms with Crippen LogP contribution in [0.25, 0.3) is 0 Å². The first kappa shape index (κ1) is 19.1. The molecule has 7 heteroatoms. The Balaban J connectivity index is 1.58. The largest absolute Gasteiger partial charge is 0.350 e. The monoisotopic (exact) mass is 392 g/mol. The number of nitrogens with one attached hydrogen (secondary N) is 1. The number of carbonyl (C=O) groups is 1. The van der Waals surface area contributed by atoms with Crippen LogP contribution in [0.4, 0.5) is 0 Å². The van der Waals surface area contributed by atoms with E-state index < -0.39 is 9.84 Å². The third-order valence-corrected chi connectivity index (χ3v) is 7.88. The zero-order valence-corrected chi connectivity index (χ0v) is 16.3. The lowest BCUT2D eigenvalue weighted by molar-refractivity contribution is 0.0952. The second kappa shape index (κ2) is 8.79. The number of hydrogen-bond acceptors (Lipinski definition) is 5. The molecule has 0 unspecified atom stereocenters. The Morgan fingerprint density at radius 1 is 1.00 bits per heavy atom. The minimum absolute atomic E-state index is 0.196. The van der Waals surface area contributed by atoms with Crippen molar-refractivity contribution in [3.63, 3.8) is 0 Å². The van der Waals surface area contributed by atoms with Crippen LogP contribution in [-0.2, 0) is 9.84 Å². The van der Waals surface area contributed by atoms with Crippen LogP contribution in [-0.4, -0.2) is 45.4 Å². The summed E-state index contributed by atoms with van der Waals surface area (Å²) in [6, 6.07) is 11.4. The van der Waals surface area contributed by atoms with Crippen LogP contribution in [0.15, 0.2) is 51.6 Å². The Hall–Kier alpha value is -1.70. The van der Waals surface area contributed by atoms with E-state index in [1.165, 1.54) is 31.7 Å². The van der Waals surface area contributed by atoms with E-state index in [4.69, 9.17) is 0 Å². The summed E-state index contributed by atoms with van der Waals surface area (Å²) in [6.45, 7) is 3.60. The van der Waals surface area contributed by atoms with E-state index in [1.807, 2.05) is 0 Å². The van der Waals surface area contributed by atoms with Crippen molar-refractivity contribution in [2.75, 3.05) is 26.2 Å². The van der Waals surface area contributed by atoms with Gasteiger partial charge >= 0.3 is 0 Å². The molecule has 1 fully saturated rings. The number of hydrogen-bond donors (Lipinski definition) is 1. The summed E-state index contributed by atoms with van der Waals surface area (Å²) in [5.41, 5.74) is 0. The Labute approximate surface area is 159 Å². The van der Waals surface area contributed by atoms with E-state index in [1.54, 1.807) is 36.4 Å². The zero-order valence-electron chi connectivity index (χ0n) is 14.7. The maximum atomic E-state index is 12.6. The van der Waals surface area contributed by atoms with Crippen LogP contribution in [0.1, 0.15) is 35.4 Å². The highest BCUT2D eigenvalue weighted by atomic mass is 32.2. The van der Waals surface area contributed by atoms with Crippen LogP contribution < -0.4 is 5.32 Å². The summed E-state index contributed by atoms with van der Waals surface area (Å²) >= 11 is 1.02. The SMILES string of the molecule is O=C(NCCN1CCCCCC1)c1ccc(S(=O)(=O)c2ccccc2)s1. The molecule has 2 aromatic rings. The van der Waals surface area contributed by atoms with Gasteiger partial charge < -0.3 is 10.2 Å². The molecule has 1 aliphatic heterocycles. The first-order chi connectivity index (χ1) is 12.6. The molecular weight excluding hydrogens is 368 g/mol. The topological polar surface area (TPSA) is 66.5 Å². The summed E-state index contributed by atoms with van der Waals surface area (Å²) in [4.78, 5) is 15.4. The molecule has 0 saturated carbocycles. The molecule has 140 valence electrons. The number of sulfone groups is 1. The Kier molecular flexibility index (Phi) is 6.45. The van der Waals surface area contributed by atoms with E-state index >= 15 is 0 Å². The first-order valence-corrected chi connectivity index (χ1v) is 11.3. The fourth-order valence-corrected chi connectivity index (χ4v) is 5.72. The summed E-state index contributed by atoms with van der Waals surface area (Å²) in [7, 11) is -3.56. The predicted octanol–water partition coefficient (Wildman–Crippen LogP) is 3.19. The van der Waals surface area contributed by atoms with Crippen molar-refractivity contribution >= 4 is 27.1 Å². The van der Waals surface area contributed by atoms with Crippen molar-refractivity contribution < 1.29 is 13.2 Å². The highest BCUT2D eigenvalue weighted by Gasteiger charge is 2.21. The highest BCUT2D eigenvalue weighted by Crippen LogP contribution is 2.27. The van der Waals surface area contributed by atoms with Crippen molar-refractivity contribution in [3.05, 3.63) is 47.3 Å². The summed E-state index contributed by atoms with van der Waals surface area (Å²) < 4.78 is 25.4. The minimum atomic E-state index is -3.56. The molecule has 5 nitrogen and oxygen atoms in total. The molecule has 1 aromatic heterocycles. The van der Waals surface area contributed by atoms with Gasteiger partial charge in [0, 0.05) is 13.1 Å². The lowest BCUT2D eigenvalue weighted by Gasteiger charge is -2.19. The van der Waals surface area contributed by atoms with E-state index in [0.29, 0.717) is 11.4 Å². The second-order valence-corrected chi connectivity index (χ2v) is 9.71. The third kappa shape index (κ3) is 4.72. The van der Waals surface area contributed by atoms with Crippen LogP contribution in [0, 0.1) is 0 Å². The molecule has 0 radical (unpaired) electrons. The highest BCUT2D eigenvalue weighted by molar-refractivity contribution is 7.93. The van der Waals surface area contributed by atoms with Crippen molar-refractivity contribution in [1.82, 2.24) is 10.2 Å². The van der Waals surface area contributed by atoms with Crippen LogP contribution in [0.3, 0.4) is 0 Å². The maximum Gasteiger partial charge on any atom is 0.261 e. The maximum absolute atomic E-state index is 12.6. The van der Waals surface area contributed by atoms with Gasteiger partial charge in [-0.2, -0.15) is 0 Å². The minimum Gasteiger partial charge on any atom is -0.350 e. The third-order valence-electron chi connectivity index (χ3n) is 4.54. The van der Waals surface area contributed by atoms with Crippen molar-refractivity contribution in [2.45, 2.75) is 34.8 Å². The number of thiophene rings is 1. The van der Waals surface area contributed by atoms with Gasteiger partial charge in [-0.3, -0.25) is 4.79 Å². The first-order valence-electron chi connectivity index (χ1n) is 8.98. The van der Waals surface area contributed by atoms with Crippen LogP contribution >= 0.6 is 11.3 Å². The number of amides is 1. The van der Waals surface area contributed by atoms with Gasteiger partial charge in [0.25, 0.3) is 5.91 Å². The molecule has 0 bridgehead atoms. The molecule has 0 spiro atoms. The van der Waals surface area contributed by atoms with Crippen molar-refractivity contribution in [2.24, 2.45) is 0 Å². The lowest BCUT2D eigenvalue weighted by Crippen LogP contribution is -2.35. The molecule has 1 saturated heterocycles. The fourth-order valence-electron chi connectivity index (χ4n) is 3.08. The average Bonchev–Trinajstić information content (AvgIpc) is 3.02. The van der Waals surface area contributed by atoms with Gasteiger partial charge in [0.1, 0.15) is 4.21 Å². The normalized spacial score (nSPS) is 16.2. The fraction of sp³-hybridized carbons (Fsp3) is 0.421. The van der Waals surface area contributed by atoms with Gasteiger partial charge in [0.2, 0.25) is 9.84 Å². The summed E-state index contributed by atoms with van der Waals surface area (Å²) in [5.74, 6) is -0.209. The van der Waals surface area contributed by atoms with Gasteiger partial charge in [-0.15, -0.1) is 11.3 Å². The zero-order chi connectivity index (χ0) is 18.4. The standard InChI is InChI=1S/C19H24N2O3S2/c22-19(20-12-15-21-13-6-1-2-7-14-21)17-10-11-18(25-17)26(23,24)16-8-4-3-5-9-16/h3-5,8-11H,1-2,6-7,12-15H2,(H,20,22). The van der Waals surface area contributed by atoms with Gasteiger partial charge in [-0.05, 0) is 50.2 Å². The van der Waals surface area contributed by atoms with Crippen molar-refractivity contribution in [1.29, 1.82) is 0 Å². The Morgan fingerprint density at radius 3 is 2.38 bits per heavy atom. The van der Waals surface area contributed by atoms with Gasteiger partial charge in [0.15, 0.2) is 0 Å². The van der Waals surface area contributed by atoms with Gasteiger partial charge in [0.05, 0.1) is 9.77 Å². The molecular formula is C19H24N2O3S2. The van der Waals surface area contributed by atoms with E-state index in [-0.39, 0.29) is 15.0 Å². The number of likely N-dealkylation sites (tertiary alicyclic amines) is 1. The Morgan fingerprint density at radius 2 is 1.69 bits per heavy atom. The van der Waals surface area contributed by atoms with E-state index in [2.05, 4.69) is 10.2 Å². The average molecular weight is 393 g/mol. The molecule has 0 atom stereocenters. The van der Waals surface area contributed by atoms with Gasteiger partial charge in [-0.1, -0.05) is 31.0 Å². The molecule has 1 amide bonds. The lowest BCUT2D eigenvalue weighted by atomic mass is 10.2. The molecule has 26 heavy (non-hydrogen) atoms. The molecule has 1 aliphatic rings. The molecule has 1 aromatic carbocycles. The van der Waals surface area contributed by atoms with Crippen LogP contribution in [0.5, 0.6) is 0 Å². The van der Waals surface area contributed by atoms with E-state index in [9.17, 15) is 13.2 Å². The molecule has 0 aliphatic carbocycles.